The first kappa shape index (κ1) is 24.8. The van der Waals surface area contributed by atoms with Crippen molar-refractivity contribution in [2.24, 2.45) is 20.5 Å². The van der Waals surface area contributed by atoms with Gasteiger partial charge in [-0.25, -0.2) is 4.79 Å². The Morgan fingerprint density at radius 3 is 1.59 bits per heavy atom. The zero-order chi connectivity index (χ0) is 24.2. The number of azo groups is 2. The number of unbranched alkanes of at least 4 members (excludes halogenated alkanes) is 1. The van der Waals surface area contributed by atoms with Crippen molar-refractivity contribution in [3.63, 3.8) is 0 Å². The molecule has 0 amide bonds. The van der Waals surface area contributed by atoms with Crippen LogP contribution in [0.5, 0.6) is 0 Å². The maximum absolute atomic E-state index is 12.0. The van der Waals surface area contributed by atoms with E-state index in [1.807, 2.05) is 36.4 Å². The van der Waals surface area contributed by atoms with Gasteiger partial charge < -0.3 is 9.64 Å². The molecule has 0 radical (unpaired) electrons. The van der Waals surface area contributed by atoms with E-state index in [1.165, 1.54) is 0 Å². The summed E-state index contributed by atoms with van der Waals surface area (Å²) in [5.41, 5.74) is 4.56. The standard InChI is InChI=1S/C27H31N5O2/c1-4-6-20-34-27(33)21-7-9-22(10-8-21)28-29-23-11-13-24(14-12-23)30-31-25-15-17-26(18-16-25)32(3)19-5-2/h7-18H,4-6,19-20H2,1-3H3. The largest absolute Gasteiger partial charge is 0.462 e. The van der Waals surface area contributed by atoms with Crippen molar-refractivity contribution in [1.82, 2.24) is 0 Å². The molecular formula is C27H31N5O2. The van der Waals surface area contributed by atoms with Crippen LogP contribution in [0.25, 0.3) is 0 Å². The van der Waals surface area contributed by atoms with Crippen LogP contribution >= 0.6 is 0 Å². The number of hydrogen-bond acceptors (Lipinski definition) is 7. The van der Waals surface area contributed by atoms with Gasteiger partial charge in [0, 0.05) is 19.3 Å². The summed E-state index contributed by atoms with van der Waals surface area (Å²) in [5, 5.41) is 17.1. The second kappa shape index (κ2) is 13.0. The van der Waals surface area contributed by atoms with Crippen LogP contribution in [0, 0.1) is 0 Å². The first-order valence-electron chi connectivity index (χ1n) is 11.6. The third-order valence-corrected chi connectivity index (χ3v) is 5.10. The monoisotopic (exact) mass is 457 g/mol. The molecule has 0 atom stereocenters. The Morgan fingerprint density at radius 2 is 1.15 bits per heavy atom. The second-order valence-electron chi connectivity index (χ2n) is 7.89. The average molecular weight is 458 g/mol. The summed E-state index contributed by atoms with van der Waals surface area (Å²) >= 11 is 0. The van der Waals surface area contributed by atoms with E-state index in [-0.39, 0.29) is 5.97 Å². The number of esters is 1. The van der Waals surface area contributed by atoms with E-state index in [9.17, 15) is 4.79 Å². The summed E-state index contributed by atoms with van der Waals surface area (Å²) < 4.78 is 5.21. The zero-order valence-corrected chi connectivity index (χ0v) is 20.0. The van der Waals surface area contributed by atoms with Crippen molar-refractivity contribution < 1.29 is 9.53 Å². The molecule has 0 aliphatic heterocycles. The van der Waals surface area contributed by atoms with E-state index in [1.54, 1.807) is 24.3 Å². The van der Waals surface area contributed by atoms with Crippen molar-refractivity contribution in [2.45, 2.75) is 33.1 Å². The quantitative estimate of drug-likeness (QED) is 0.165. The maximum atomic E-state index is 12.0. The third-order valence-electron chi connectivity index (χ3n) is 5.10. The number of rotatable bonds is 11. The van der Waals surface area contributed by atoms with Crippen LogP contribution in [-0.4, -0.2) is 26.2 Å². The van der Waals surface area contributed by atoms with Crippen LogP contribution in [-0.2, 0) is 4.74 Å². The Morgan fingerprint density at radius 1 is 0.706 bits per heavy atom. The molecule has 3 rings (SSSR count). The number of carbonyl (C=O) groups is 1. The van der Waals surface area contributed by atoms with Crippen LogP contribution < -0.4 is 4.90 Å². The molecule has 34 heavy (non-hydrogen) atoms. The van der Waals surface area contributed by atoms with Gasteiger partial charge in [-0.05, 0) is 85.6 Å². The number of nitrogens with zero attached hydrogens (tertiary/aromatic N) is 5. The van der Waals surface area contributed by atoms with Crippen LogP contribution in [0.4, 0.5) is 28.4 Å². The van der Waals surface area contributed by atoms with E-state index in [2.05, 4.69) is 58.4 Å². The SMILES string of the molecule is CCCCOC(=O)c1ccc(N=Nc2ccc(N=Nc3ccc(N(C)CCC)cc3)cc2)cc1. The highest BCUT2D eigenvalue weighted by Gasteiger charge is 2.06. The summed E-state index contributed by atoms with van der Waals surface area (Å²) in [7, 11) is 2.08. The van der Waals surface area contributed by atoms with Gasteiger partial charge in [-0.3, -0.25) is 0 Å². The van der Waals surface area contributed by atoms with Crippen LogP contribution in [0.3, 0.4) is 0 Å². The Bertz CT molecular complexity index is 1090. The molecule has 3 aromatic rings. The lowest BCUT2D eigenvalue weighted by Crippen LogP contribution is -2.17. The number of anilines is 1. The Hall–Kier alpha value is -3.87. The van der Waals surface area contributed by atoms with Crippen LogP contribution in [0.15, 0.2) is 93.3 Å². The van der Waals surface area contributed by atoms with Gasteiger partial charge in [0.1, 0.15) is 0 Å². The second-order valence-corrected chi connectivity index (χ2v) is 7.89. The molecule has 0 spiro atoms. The molecule has 0 fully saturated rings. The molecule has 176 valence electrons. The molecule has 0 aromatic heterocycles. The predicted molar refractivity (Wildman–Crippen MR) is 136 cm³/mol. The van der Waals surface area contributed by atoms with Crippen molar-refractivity contribution in [1.29, 1.82) is 0 Å². The maximum Gasteiger partial charge on any atom is 0.338 e. The lowest BCUT2D eigenvalue weighted by atomic mass is 10.2. The minimum absolute atomic E-state index is 0.318. The molecule has 0 aliphatic carbocycles. The fraction of sp³-hybridized carbons (Fsp3) is 0.296. The molecule has 0 bridgehead atoms. The Labute approximate surface area is 201 Å². The van der Waals surface area contributed by atoms with E-state index in [0.717, 1.165) is 42.9 Å². The lowest BCUT2D eigenvalue weighted by Gasteiger charge is -2.17. The van der Waals surface area contributed by atoms with Gasteiger partial charge in [0.05, 0.1) is 34.9 Å². The molecule has 0 aliphatic rings. The fourth-order valence-corrected chi connectivity index (χ4v) is 3.11. The summed E-state index contributed by atoms with van der Waals surface area (Å²) in [6, 6.07) is 22.3. The smallest absolute Gasteiger partial charge is 0.338 e. The Kier molecular flexibility index (Phi) is 9.46. The van der Waals surface area contributed by atoms with Crippen molar-refractivity contribution in [3.8, 4) is 0 Å². The lowest BCUT2D eigenvalue weighted by molar-refractivity contribution is 0.0500. The van der Waals surface area contributed by atoms with Crippen LogP contribution in [0.2, 0.25) is 0 Å². The molecule has 0 N–H and O–H groups in total. The van der Waals surface area contributed by atoms with Gasteiger partial charge in [-0.2, -0.15) is 20.5 Å². The van der Waals surface area contributed by atoms with Gasteiger partial charge in [-0.15, -0.1) is 0 Å². The van der Waals surface area contributed by atoms with Gasteiger partial charge >= 0.3 is 5.97 Å². The third kappa shape index (κ3) is 7.62. The van der Waals surface area contributed by atoms with Crippen LogP contribution in [0.1, 0.15) is 43.5 Å². The number of benzene rings is 3. The Balaban J connectivity index is 1.54. The highest BCUT2D eigenvalue weighted by Crippen LogP contribution is 2.25. The number of ether oxygens (including phenoxy) is 1. The number of hydrogen-bond donors (Lipinski definition) is 0. The fourth-order valence-electron chi connectivity index (χ4n) is 3.11. The summed E-state index contributed by atoms with van der Waals surface area (Å²) in [5.74, 6) is -0.318. The summed E-state index contributed by atoms with van der Waals surface area (Å²) in [6.45, 7) is 5.68. The van der Waals surface area contributed by atoms with Crippen molar-refractivity contribution in [2.75, 3.05) is 25.1 Å². The normalized spacial score (nSPS) is 11.3. The number of carbonyl (C=O) groups excluding carboxylic acids is 1. The molecule has 3 aromatic carbocycles. The first-order chi connectivity index (χ1) is 16.6. The van der Waals surface area contributed by atoms with Gasteiger partial charge in [0.25, 0.3) is 0 Å². The van der Waals surface area contributed by atoms with Gasteiger partial charge in [-0.1, -0.05) is 20.3 Å². The molecule has 0 heterocycles. The zero-order valence-electron chi connectivity index (χ0n) is 20.0. The summed E-state index contributed by atoms with van der Waals surface area (Å²) in [6.07, 6.45) is 2.96. The molecule has 0 unspecified atom stereocenters. The topological polar surface area (TPSA) is 79.0 Å². The molecule has 7 nitrogen and oxygen atoms in total. The molecule has 7 heteroatoms. The van der Waals surface area contributed by atoms with Gasteiger partial charge in [0.15, 0.2) is 0 Å². The van der Waals surface area contributed by atoms with Crippen molar-refractivity contribution in [3.05, 3.63) is 78.4 Å². The van der Waals surface area contributed by atoms with E-state index >= 15 is 0 Å². The average Bonchev–Trinajstić information content (AvgIpc) is 2.87. The molecule has 0 saturated heterocycles. The molecule has 0 saturated carbocycles. The highest BCUT2D eigenvalue weighted by molar-refractivity contribution is 5.89. The summed E-state index contributed by atoms with van der Waals surface area (Å²) in [4.78, 5) is 14.2. The van der Waals surface area contributed by atoms with E-state index < -0.39 is 0 Å². The minimum Gasteiger partial charge on any atom is -0.462 e. The predicted octanol–water partition coefficient (Wildman–Crippen LogP) is 8.32. The van der Waals surface area contributed by atoms with E-state index in [4.69, 9.17) is 4.74 Å². The molecular weight excluding hydrogens is 426 g/mol. The van der Waals surface area contributed by atoms with Gasteiger partial charge in [0.2, 0.25) is 0 Å². The minimum atomic E-state index is -0.318. The van der Waals surface area contributed by atoms with E-state index in [0.29, 0.717) is 23.5 Å². The first-order valence-corrected chi connectivity index (χ1v) is 11.6. The highest BCUT2D eigenvalue weighted by atomic mass is 16.5. The van der Waals surface area contributed by atoms with Crippen molar-refractivity contribution >= 4 is 34.4 Å².